The van der Waals surface area contributed by atoms with Crippen molar-refractivity contribution in [2.45, 2.75) is 42.9 Å². The van der Waals surface area contributed by atoms with Crippen molar-refractivity contribution in [1.82, 2.24) is 15.3 Å². The predicted octanol–water partition coefficient (Wildman–Crippen LogP) is 3.52. The van der Waals surface area contributed by atoms with Gasteiger partial charge in [-0.05, 0) is 43.0 Å². The predicted molar refractivity (Wildman–Crippen MR) is 109 cm³/mol. The topological polar surface area (TPSA) is 104 Å². The molecule has 3 atom stereocenters. The second kappa shape index (κ2) is 8.15. The molecule has 3 N–H and O–H groups in total. The summed E-state index contributed by atoms with van der Waals surface area (Å²) in [4.78, 5) is 30.9. The molecule has 0 aliphatic heterocycles. The van der Waals surface area contributed by atoms with E-state index in [1.165, 1.54) is 0 Å². The summed E-state index contributed by atoms with van der Waals surface area (Å²) in [5.74, 6) is -1.20. The number of nitrogens with one attached hydrogen (secondary N) is 2. The van der Waals surface area contributed by atoms with E-state index in [1.807, 2.05) is 13.8 Å². The number of carbonyl (C=O) groups is 2. The number of carboxylic acid groups (broad SMARTS) is 1. The minimum absolute atomic E-state index is 0.0816. The lowest BCUT2D eigenvalue weighted by atomic mass is 10.1. The molecule has 2 aromatic rings. The Kier molecular flexibility index (Phi) is 6.07. The summed E-state index contributed by atoms with van der Waals surface area (Å²) in [5, 5.41) is 12.4. The molecule has 1 aliphatic carbocycles. The first-order valence-electron chi connectivity index (χ1n) is 8.51. The Balaban J connectivity index is 1.84. The molecule has 1 aromatic carbocycles. The third-order valence-corrected chi connectivity index (χ3v) is 5.06. The Morgan fingerprint density at radius 1 is 1.52 bits per heavy atom. The number of nitrogens with zero attached hydrogens (tertiary/aromatic N) is 1. The number of halogens is 2. The maximum atomic E-state index is 12.6. The zero-order chi connectivity index (χ0) is 19.7. The van der Waals surface area contributed by atoms with Crippen molar-refractivity contribution in [3.8, 4) is 0 Å². The molecule has 0 radical (unpaired) electrons. The van der Waals surface area contributed by atoms with Crippen LogP contribution >= 0.6 is 34.2 Å². The lowest BCUT2D eigenvalue weighted by Gasteiger charge is -2.23. The molecule has 144 valence electrons. The number of carboxylic acids is 1. The number of carbonyl (C=O) groups excluding carboxylic acids is 1. The molecule has 1 aliphatic rings. The standard InChI is InChI=1S/C18H19ClIN3O4/c1-3-12-15(19)23-16(21-12)17(24)22-13-7-10-6-9(18(25)26)4-5-11(10)14(13)27-8(2)20/h4-6,8,13-14H,3,7H2,1-2H3,(H,21,23)(H,22,24)(H,25,26)/t8?,13-,14+/m1/s1. The molecule has 0 saturated carbocycles. The SMILES string of the molecule is CCc1[nH]c(C(=O)N[C@@H]2Cc3cc(C(=O)O)ccc3[C@@H]2OC(C)I)nc1Cl. The van der Waals surface area contributed by atoms with Crippen LogP contribution in [-0.4, -0.2) is 37.1 Å². The van der Waals surface area contributed by atoms with Crippen LogP contribution in [0.1, 0.15) is 57.7 Å². The normalized spacial score (nSPS) is 19.6. The van der Waals surface area contributed by atoms with Gasteiger partial charge in [-0.25, -0.2) is 9.78 Å². The van der Waals surface area contributed by atoms with E-state index in [-0.39, 0.29) is 38.7 Å². The van der Waals surface area contributed by atoms with Gasteiger partial charge in [-0.15, -0.1) is 0 Å². The molecule has 9 heteroatoms. The minimum atomic E-state index is -0.984. The van der Waals surface area contributed by atoms with Crippen molar-refractivity contribution < 1.29 is 19.4 Å². The largest absolute Gasteiger partial charge is 0.478 e. The Labute approximate surface area is 175 Å². The number of rotatable bonds is 6. The lowest BCUT2D eigenvalue weighted by molar-refractivity contribution is 0.0309. The molecule has 1 amide bonds. The van der Waals surface area contributed by atoms with Gasteiger partial charge in [-0.2, -0.15) is 0 Å². The van der Waals surface area contributed by atoms with Gasteiger partial charge < -0.3 is 20.1 Å². The fraction of sp³-hybridized carbons (Fsp3) is 0.389. The fourth-order valence-electron chi connectivity index (χ4n) is 3.22. The van der Waals surface area contributed by atoms with E-state index in [0.717, 1.165) is 11.1 Å². The Hall–Kier alpha value is -1.65. The Morgan fingerprint density at radius 2 is 2.26 bits per heavy atom. The highest BCUT2D eigenvalue weighted by Crippen LogP contribution is 2.36. The van der Waals surface area contributed by atoms with Crippen LogP contribution in [0.2, 0.25) is 5.15 Å². The van der Waals surface area contributed by atoms with E-state index in [1.54, 1.807) is 18.2 Å². The summed E-state index contributed by atoms with van der Waals surface area (Å²) in [6, 6.07) is 4.62. The molecule has 0 spiro atoms. The summed E-state index contributed by atoms with van der Waals surface area (Å²) in [6.45, 7) is 3.82. The Morgan fingerprint density at radius 3 is 2.85 bits per heavy atom. The zero-order valence-electron chi connectivity index (χ0n) is 14.8. The van der Waals surface area contributed by atoms with Gasteiger partial charge in [0.2, 0.25) is 0 Å². The van der Waals surface area contributed by atoms with Gasteiger partial charge in [-0.3, -0.25) is 4.79 Å². The van der Waals surface area contributed by atoms with Gasteiger partial charge in [0.25, 0.3) is 5.91 Å². The van der Waals surface area contributed by atoms with Crippen LogP contribution in [0.3, 0.4) is 0 Å². The van der Waals surface area contributed by atoms with Gasteiger partial charge in [-0.1, -0.05) is 47.2 Å². The van der Waals surface area contributed by atoms with Crippen molar-refractivity contribution in [3.05, 3.63) is 51.6 Å². The average molecular weight is 504 g/mol. The lowest BCUT2D eigenvalue weighted by Crippen LogP contribution is -2.39. The van der Waals surface area contributed by atoms with Gasteiger partial charge in [0, 0.05) is 0 Å². The second-order valence-corrected chi connectivity index (χ2v) is 8.42. The molecule has 1 aromatic heterocycles. The summed E-state index contributed by atoms with van der Waals surface area (Å²) in [5.41, 5.74) is 2.67. The molecule has 0 saturated heterocycles. The first-order valence-corrected chi connectivity index (χ1v) is 10.1. The molecule has 0 bridgehead atoms. The molecular weight excluding hydrogens is 485 g/mol. The van der Waals surface area contributed by atoms with Crippen LogP contribution in [0.5, 0.6) is 0 Å². The van der Waals surface area contributed by atoms with Gasteiger partial charge in [0.15, 0.2) is 11.0 Å². The number of aryl methyl sites for hydroxylation is 1. The number of aromatic carboxylic acids is 1. The number of imidazole rings is 1. The number of amides is 1. The van der Waals surface area contributed by atoms with Crippen LogP contribution in [0.15, 0.2) is 18.2 Å². The van der Waals surface area contributed by atoms with Crippen molar-refractivity contribution >= 4 is 46.1 Å². The summed E-state index contributed by atoms with van der Waals surface area (Å²) in [7, 11) is 0. The monoisotopic (exact) mass is 503 g/mol. The highest BCUT2D eigenvalue weighted by atomic mass is 127. The van der Waals surface area contributed by atoms with Crippen LogP contribution in [-0.2, 0) is 17.6 Å². The third kappa shape index (κ3) is 4.27. The van der Waals surface area contributed by atoms with Crippen LogP contribution in [0, 0.1) is 0 Å². The number of hydrogen-bond acceptors (Lipinski definition) is 4. The van der Waals surface area contributed by atoms with E-state index in [0.29, 0.717) is 18.5 Å². The third-order valence-electron chi connectivity index (χ3n) is 4.45. The maximum Gasteiger partial charge on any atom is 0.335 e. The molecule has 27 heavy (non-hydrogen) atoms. The Bertz CT molecular complexity index is 883. The van der Waals surface area contributed by atoms with Crippen molar-refractivity contribution in [2.24, 2.45) is 0 Å². The molecule has 3 rings (SSSR count). The molecular formula is C18H19ClIN3O4. The number of aromatic amines is 1. The molecule has 1 unspecified atom stereocenters. The summed E-state index contributed by atoms with van der Waals surface area (Å²) in [6.07, 6.45) is 0.754. The van der Waals surface area contributed by atoms with Crippen LogP contribution in [0.25, 0.3) is 0 Å². The van der Waals surface area contributed by atoms with Crippen molar-refractivity contribution in [3.63, 3.8) is 0 Å². The highest BCUT2D eigenvalue weighted by Gasteiger charge is 2.36. The first-order chi connectivity index (χ1) is 12.8. The van der Waals surface area contributed by atoms with Gasteiger partial charge in [0.1, 0.15) is 10.2 Å². The highest BCUT2D eigenvalue weighted by molar-refractivity contribution is 14.1. The number of alkyl halides is 1. The number of fused-ring (bicyclic) bond motifs is 1. The number of hydrogen-bond donors (Lipinski definition) is 3. The van der Waals surface area contributed by atoms with Gasteiger partial charge >= 0.3 is 5.97 Å². The van der Waals surface area contributed by atoms with Crippen LogP contribution in [0.4, 0.5) is 0 Å². The quantitative estimate of drug-likeness (QED) is 0.413. The van der Waals surface area contributed by atoms with E-state index >= 15 is 0 Å². The van der Waals surface area contributed by atoms with Crippen molar-refractivity contribution in [1.29, 1.82) is 0 Å². The maximum absolute atomic E-state index is 12.6. The average Bonchev–Trinajstić information content (AvgIpc) is 3.14. The number of benzene rings is 1. The number of H-pyrrole nitrogens is 1. The first kappa shape index (κ1) is 20.1. The van der Waals surface area contributed by atoms with Crippen molar-refractivity contribution in [2.75, 3.05) is 0 Å². The molecule has 1 heterocycles. The molecule has 0 fully saturated rings. The smallest absolute Gasteiger partial charge is 0.335 e. The van der Waals surface area contributed by atoms with Gasteiger partial charge in [0.05, 0.1) is 17.3 Å². The number of aromatic nitrogens is 2. The van der Waals surface area contributed by atoms with E-state index in [4.69, 9.17) is 16.3 Å². The minimum Gasteiger partial charge on any atom is -0.478 e. The second-order valence-electron chi connectivity index (χ2n) is 6.31. The summed E-state index contributed by atoms with van der Waals surface area (Å²) < 4.78 is 5.92. The van der Waals surface area contributed by atoms with E-state index < -0.39 is 5.97 Å². The molecule has 7 nitrogen and oxygen atoms in total. The fourth-order valence-corrected chi connectivity index (χ4v) is 3.80. The summed E-state index contributed by atoms with van der Waals surface area (Å²) >= 11 is 8.17. The van der Waals surface area contributed by atoms with E-state index in [9.17, 15) is 14.7 Å². The number of ether oxygens (including phenoxy) is 1. The van der Waals surface area contributed by atoms with E-state index in [2.05, 4.69) is 37.9 Å². The zero-order valence-corrected chi connectivity index (χ0v) is 17.7. The van der Waals surface area contributed by atoms with Crippen LogP contribution < -0.4 is 5.32 Å².